The lowest BCUT2D eigenvalue weighted by Gasteiger charge is -2.34. The molecule has 0 aromatic heterocycles. The fourth-order valence-electron chi connectivity index (χ4n) is 3.85. The van der Waals surface area contributed by atoms with Crippen LogP contribution in [0.1, 0.15) is 36.3 Å². The first-order chi connectivity index (χ1) is 15.0. The fourth-order valence-corrected chi connectivity index (χ4v) is 3.85. The number of benzene rings is 2. The number of halogens is 1. The van der Waals surface area contributed by atoms with E-state index in [0.717, 1.165) is 30.8 Å². The minimum atomic E-state index is -0.990. The van der Waals surface area contributed by atoms with Gasteiger partial charge in [0, 0.05) is 31.6 Å². The number of hydrogen-bond acceptors (Lipinski definition) is 5. The van der Waals surface area contributed by atoms with Gasteiger partial charge in [-0.15, -0.1) is 0 Å². The molecule has 2 aromatic rings. The van der Waals surface area contributed by atoms with Gasteiger partial charge in [0.15, 0.2) is 0 Å². The van der Waals surface area contributed by atoms with Crippen molar-refractivity contribution in [1.82, 2.24) is 10.2 Å². The largest absolute Gasteiger partial charge is 0.497 e. The first-order valence-electron chi connectivity index (χ1n) is 10.9. The quantitative estimate of drug-likeness (QED) is 0.646. The van der Waals surface area contributed by atoms with Crippen molar-refractivity contribution < 1.29 is 18.7 Å². The maximum atomic E-state index is 14.6. The van der Waals surface area contributed by atoms with Crippen molar-refractivity contribution in [3.8, 4) is 5.75 Å². The second-order valence-corrected chi connectivity index (χ2v) is 8.45. The number of carbonyl (C=O) groups excluding carboxylic acids is 1. The van der Waals surface area contributed by atoms with E-state index in [1.807, 2.05) is 30.3 Å². The Morgan fingerprint density at radius 3 is 2.42 bits per heavy atom. The topological polar surface area (TPSA) is 50.8 Å². The van der Waals surface area contributed by atoms with Gasteiger partial charge in [0.1, 0.15) is 18.0 Å². The summed E-state index contributed by atoms with van der Waals surface area (Å²) >= 11 is 0. The highest BCUT2D eigenvalue weighted by atomic mass is 19.1. The molecule has 2 aromatic carbocycles. The molecule has 0 spiro atoms. The Kier molecular flexibility index (Phi) is 8.43. The number of nitrogens with zero attached hydrogens (tertiary/aromatic N) is 1. The van der Waals surface area contributed by atoms with Gasteiger partial charge in [-0.05, 0) is 49.6 Å². The van der Waals surface area contributed by atoms with Crippen molar-refractivity contribution in [3.63, 3.8) is 0 Å². The molecule has 4 rings (SSSR count). The summed E-state index contributed by atoms with van der Waals surface area (Å²) in [5.74, 6) is 1.39. The van der Waals surface area contributed by atoms with E-state index in [9.17, 15) is 9.18 Å². The smallest absolute Gasteiger partial charge is 0.293 e. The molecule has 2 aliphatic rings. The third kappa shape index (κ3) is 7.33. The summed E-state index contributed by atoms with van der Waals surface area (Å²) < 4.78 is 24.1. The molecule has 2 atom stereocenters. The molecule has 2 fully saturated rings. The van der Waals surface area contributed by atoms with Gasteiger partial charge in [-0.25, -0.2) is 4.39 Å². The summed E-state index contributed by atoms with van der Waals surface area (Å²) in [6.07, 6.45) is 2.48. The van der Waals surface area contributed by atoms with Gasteiger partial charge < -0.3 is 19.7 Å². The number of ether oxygens (including phenoxy) is 2. The lowest BCUT2D eigenvalue weighted by atomic mass is 9.93. The highest BCUT2D eigenvalue weighted by Crippen LogP contribution is 2.41. The van der Waals surface area contributed by atoms with Crippen LogP contribution < -0.4 is 10.1 Å². The van der Waals surface area contributed by atoms with Crippen molar-refractivity contribution in [3.05, 3.63) is 65.7 Å². The molecule has 1 heterocycles. The Morgan fingerprint density at radius 2 is 1.81 bits per heavy atom. The molecule has 0 bridgehead atoms. The molecule has 2 unspecified atom stereocenters. The van der Waals surface area contributed by atoms with Gasteiger partial charge in [0.05, 0.1) is 7.11 Å². The number of rotatable bonds is 8. The second kappa shape index (κ2) is 11.3. The number of hydrogen-bond donors (Lipinski definition) is 1. The highest BCUT2D eigenvalue weighted by molar-refractivity contribution is 5.37. The Bertz CT molecular complexity index is 792. The lowest BCUT2D eigenvalue weighted by Crippen LogP contribution is -2.46. The summed E-state index contributed by atoms with van der Waals surface area (Å²) in [6.45, 7) is 3.03. The average molecular weight is 429 g/mol. The standard InChI is InChI=1S/C16H23FN2.C9H10O3/c1-19-9-7-16(17,8-10-19)12-18-15-11-14(15)13-5-3-2-4-6-13;1-11-9-4-2-8(3-5-9)6-12-7-10/h2-6,14-15,18H,7-12H2,1H3;2-5,7H,6H2,1H3. The van der Waals surface area contributed by atoms with Crippen LogP contribution in [-0.2, 0) is 16.1 Å². The van der Waals surface area contributed by atoms with Gasteiger partial charge in [-0.1, -0.05) is 42.5 Å². The van der Waals surface area contributed by atoms with E-state index in [2.05, 4.69) is 46.3 Å². The zero-order valence-electron chi connectivity index (χ0n) is 18.4. The highest BCUT2D eigenvalue weighted by Gasteiger charge is 2.41. The zero-order valence-corrected chi connectivity index (χ0v) is 18.4. The number of piperidine rings is 1. The predicted molar refractivity (Wildman–Crippen MR) is 120 cm³/mol. The first kappa shape index (κ1) is 23.2. The van der Waals surface area contributed by atoms with E-state index in [1.165, 1.54) is 5.56 Å². The Balaban J connectivity index is 0.000000196. The molecule has 1 saturated heterocycles. The Morgan fingerprint density at radius 1 is 1.13 bits per heavy atom. The Hall–Kier alpha value is -2.44. The first-order valence-corrected chi connectivity index (χ1v) is 10.9. The van der Waals surface area contributed by atoms with Gasteiger partial charge in [0.25, 0.3) is 6.47 Å². The summed E-state index contributed by atoms with van der Waals surface area (Å²) in [5.41, 5.74) is 1.34. The van der Waals surface area contributed by atoms with E-state index >= 15 is 0 Å². The van der Waals surface area contributed by atoms with Crippen molar-refractivity contribution in [2.45, 2.75) is 43.5 Å². The average Bonchev–Trinajstić information content (AvgIpc) is 3.60. The molecule has 31 heavy (non-hydrogen) atoms. The van der Waals surface area contributed by atoms with E-state index in [4.69, 9.17) is 4.74 Å². The maximum Gasteiger partial charge on any atom is 0.293 e. The van der Waals surface area contributed by atoms with Crippen molar-refractivity contribution >= 4 is 6.47 Å². The van der Waals surface area contributed by atoms with Crippen LogP contribution >= 0.6 is 0 Å². The van der Waals surface area contributed by atoms with Crippen LogP contribution in [0.15, 0.2) is 54.6 Å². The van der Waals surface area contributed by atoms with E-state index < -0.39 is 5.67 Å². The summed E-state index contributed by atoms with van der Waals surface area (Å²) in [7, 11) is 3.68. The van der Waals surface area contributed by atoms with E-state index in [1.54, 1.807) is 7.11 Å². The number of likely N-dealkylation sites (tertiary alicyclic amines) is 1. The summed E-state index contributed by atoms with van der Waals surface area (Å²) in [6, 6.07) is 18.4. The zero-order chi connectivity index (χ0) is 22.1. The minimum Gasteiger partial charge on any atom is -0.497 e. The molecular weight excluding hydrogens is 395 g/mol. The van der Waals surface area contributed by atoms with Crippen LogP contribution in [0.5, 0.6) is 5.75 Å². The molecule has 168 valence electrons. The molecule has 1 aliphatic heterocycles. The number of alkyl halides is 1. The molecule has 0 amide bonds. The number of carbonyl (C=O) groups is 1. The predicted octanol–water partition coefficient (Wildman–Crippen LogP) is 3.93. The normalized spacial score (nSPS) is 22.0. The van der Waals surface area contributed by atoms with E-state index in [0.29, 0.717) is 44.4 Å². The van der Waals surface area contributed by atoms with E-state index in [-0.39, 0.29) is 0 Å². The molecule has 5 nitrogen and oxygen atoms in total. The number of methoxy groups -OCH3 is 1. The van der Waals surface area contributed by atoms with Gasteiger partial charge in [-0.2, -0.15) is 0 Å². The minimum absolute atomic E-state index is 0.313. The van der Waals surface area contributed by atoms with Gasteiger partial charge >= 0.3 is 0 Å². The second-order valence-electron chi connectivity index (χ2n) is 8.45. The summed E-state index contributed by atoms with van der Waals surface area (Å²) in [5, 5.41) is 3.44. The van der Waals surface area contributed by atoms with Crippen molar-refractivity contribution in [1.29, 1.82) is 0 Å². The van der Waals surface area contributed by atoms with Crippen LogP contribution in [0.3, 0.4) is 0 Å². The fraction of sp³-hybridized carbons (Fsp3) is 0.480. The number of nitrogens with one attached hydrogen (secondary N) is 1. The van der Waals surface area contributed by atoms with Crippen LogP contribution in [0.4, 0.5) is 4.39 Å². The monoisotopic (exact) mass is 428 g/mol. The molecule has 1 N–H and O–H groups in total. The molecular formula is C25H33FN2O3. The molecule has 0 radical (unpaired) electrons. The Labute approximate surface area is 184 Å². The summed E-state index contributed by atoms with van der Waals surface area (Å²) in [4.78, 5) is 12.1. The van der Waals surface area contributed by atoms with Gasteiger partial charge in [0.2, 0.25) is 0 Å². The van der Waals surface area contributed by atoms with Crippen molar-refractivity contribution in [2.24, 2.45) is 0 Å². The van der Waals surface area contributed by atoms with Gasteiger partial charge in [-0.3, -0.25) is 4.79 Å². The van der Waals surface area contributed by atoms with Crippen LogP contribution in [0.25, 0.3) is 0 Å². The third-order valence-corrected chi connectivity index (χ3v) is 6.06. The van der Waals surface area contributed by atoms with Crippen LogP contribution in [0, 0.1) is 0 Å². The molecule has 1 saturated carbocycles. The maximum absolute atomic E-state index is 14.6. The van der Waals surface area contributed by atoms with Crippen LogP contribution in [-0.4, -0.2) is 56.9 Å². The van der Waals surface area contributed by atoms with Crippen molar-refractivity contribution in [2.75, 3.05) is 33.8 Å². The SMILES string of the molecule is CN1CCC(F)(CNC2CC2c2ccccc2)CC1.COc1ccc(COC=O)cc1. The third-order valence-electron chi connectivity index (χ3n) is 6.06. The molecule has 1 aliphatic carbocycles. The van der Waals surface area contributed by atoms with Crippen LogP contribution in [0.2, 0.25) is 0 Å². The lowest BCUT2D eigenvalue weighted by molar-refractivity contribution is -0.129. The molecule has 6 heteroatoms.